The molecule has 0 aliphatic rings. The van der Waals surface area contributed by atoms with Gasteiger partial charge in [0.15, 0.2) is 5.84 Å². The van der Waals surface area contributed by atoms with Crippen molar-refractivity contribution in [2.24, 2.45) is 10.3 Å². The van der Waals surface area contributed by atoms with Gasteiger partial charge in [0.25, 0.3) is 0 Å². The molecule has 0 bridgehead atoms. The third-order valence-electron chi connectivity index (χ3n) is 1.32. The van der Waals surface area contributed by atoms with Crippen molar-refractivity contribution < 1.29 is 0 Å². The van der Waals surface area contributed by atoms with Gasteiger partial charge in [-0.1, -0.05) is 11.6 Å². The summed E-state index contributed by atoms with van der Waals surface area (Å²) in [7, 11) is 0. The second kappa shape index (κ2) is 4.57. The molecule has 0 fully saturated rings. The minimum atomic E-state index is 0.148. The zero-order valence-corrected chi connectivity index (χ0v) is 7.75. The first-order chi connectivity index (χ1) is 6.22. The number of hydrazone groups is 1. The Labute approximate surface area is 80.6 Å². The van der Waals surface area contributed by atoms with E-state index in [9.17, 15) is 4.91 Å². The van der Waals surface area contributed by atoms with Crippen LogP contribution in [0.4, 0.5) is 5.69 Å². The minimum absolute atomic E-state index is 0.148. The molecule has 0 atom stereocenters. The van der Waals surface area contributed by atoms with Crippen LogP contribution in [0.2, 0.25) is 5.02 Å². The molecule has 0 amide bonds. The Morgan fingerprint density at radius 2 is 2.00 bits per heavy atom. The molecule has 0 saturated heterocycles. The summed E-state index contributed by atoms with van der Waals surface area (Å²) in [6.45, 7) is 1.51. The molecular formula is C8H8ClN3O. The average Bonchev–Trinajstić information content (AvgIpc) is 2.16. The topological polar surface area (TPSA) is 53.8 Å². The van der Waals surface area contributed by atoms with Gasteiger partial charge >= 0.3 is 0 Å². The van der Waals surface area contributed by atoms with E-state index in [1.807, 2.05) is 0 Å². The highest BCUT2D eigenvalue weighted by Crippen LogP contribution is 2.13. The molecule has 68 valence electrons. The zero-order chi connectivity index (χ0) is 9.68. The maximum atomic E-state index is 9.94. The Morgan fingerprint density at radius 3 is 2.54 bits per heavy atom. The average molecular weight is 198 g/mol. The summed E-state index contributed by atoms with van der Waals surface area (Å²) in [4.78, 5) is 9.94. The summed E-state index contributed by atoms with van der Waals surface area (Å²) in [5, 5.41) is 6.97. The van der Waals surface area contributed by atoms with Gasteiger partial charge in [0, 0.05) is 11.9 Å². The first kappa shape index (κ1) is 9.67. The minimum Gasteiger partial charge on any atom is -0.277 e. The number of rotatable bonds is 2. The van der Waals surface area contributed by atoms with Crippen molar-refractivity contribution >= 4 is 23.1 Å². The second-order valence-electron chi connectivity index (χ2n) is 2.37. The van der Waals surface area contributed by atoms with E-state index in [1.165, 1.54) is 6.92 Å². The van der Waals surface area contributed by atoms with E-state index in [0.717, 1.165) is 5.69 Å². The third kappa shape index (κ3) is 3.21. The summed E-state index contributed by atoms with van der Waals surface area (Å²) >= 11 is 5.67. The Hall–Kier alpha value is -1.42. The van der Waals surface area contributed by atoms with Crippen LogP contribution >= 0.6 is 11.6 Å². The highest BCUT2D eigenvalue weighted by atomic mass is 35.5. The van der Waals surface area contributed by atoms with E-state index in [-0.39, 0.29) is 5.84 Å². The van der Waals surface area contributed by atoms with Crippen molar-refractivity contribution in [2.45, 2.75) is 6.92 Å². The number of hydrogen-bond acceptors (Lipinski definition) is 3. The molecule has 0 saturated carbocycles. The predicted octanol–water partition coefficient (Wildman–Crippen LogP) is 2.85. The predicted molar refractivity (Wildman–Crippen MR) is 54.0 cm³/mol. The molecule has 0 spiro atoms. The molecule has 1 rings (SSSR count). The van der Waals surface area contributed by atoms with Gasteiger partial charge in [0.1, 0.15) is 0 Å². The third-order valence-corrected chi connectivity index (χ3v) is 1.58. The van der Waals surface area contributed by atoms with Crippen LogP contribution in [0.3, 0.4) is 0 Å². The molecule has 0 unspecified atom stereocenters. The molecule has 0 radical (unpaired) electrons. The summed E-state index contributed by atoms with van der Waals surface area (Å²) in [5.74, 6) is 0.148. The number of nitrogens with one attached hydrogen (secondary N) is 1. The van der Waals surface area contributed by atoms with E-state index in [2.05, 4.69) is 15.7 Å². The smallest absolute Gasteiger partial charge is 0.189 e. The number of benzene rings is 1. The van der Waals surface area contributed by atoms with Crippen LogP contribution in [0.1, 0.15) is 6.92 Å². The molecule has 1 N–H and O–H groups in total. The maximum absolute atomic E-state index is 9.94. The lowest BCUT2D eigenvalue weighted by Crippen LogP contribution is -1.93. The number of amidine groups is 1. The zero-order valence-electron chi connectivity index (χ0n) is 6.99. The largest absolute Gasteiger partial charge is 0.277 e. The van der Waals surface area contributed by atoms with Crippen molar-refractivity contribution in [3.8, 4) is 0 Å². The van der Waals surface area contributed by atoms with E-state index < -0.39 is 0 Å². The number of anilines is 1. The number of nitrogens with zero attached hydrogens (tertiary/aromatic N) is 2. The van der Waals surface area contributed by atoms with Crippen molar-refractivity contribution in [3.63, 3.8) is 0 Å². The van der Waals surface area contributed by atoms with Crippen LogP contribution in [0.25, 0.3) is 0 Å². The molecule has 1 aromatic carbocycles. The highest BCUT2D eigenvalue weighted by Gasteiger charge is 1.90. The summed E-state index contributed by atoms with van der Waals surface area (Å²) in [6.07, 6.45) is 0. The standard InChI is InChI=1S/C8H8ClN3O/c1-6(12-13)10-11-8-4-2-7(9)3-5-8/h2-5,11H,1H3/b10-6+. The van der Waals surface area contributed by atoms with Gasteiger partial charge in [-0.2, -0.15) is 5.10 Å². The Bertz CT molecular complexity index is 321. The molecule has 0 heterocycles. The first-order valence-corrected chi connectivity index (χ1v) is 3.99. The van der Waals surface area contributed by atoms with Gasteiger partial charge in [0.2, 0.25) is 0 Å². The lowest BCUT2D eigenvalue weighted by Gasteiger charge is -1.98. The lowest BCUT2D eigenvalue weighted by atomic mass is 10.3. The quantitative estimate of drug-likeness (QED) is 0.343. The molecule has 13 heavy (non-hydrogen) atoms. The van der Waals surface area contributed by atoms with E-state index in [1.54, 1.807) is 24.3 Å². The Morgan fingerprint density at radius 1 is 1.38 bits per heavy atom. The Balaban J connectivity index is 2.65. The van der Waals surface area contributed by atoms with Crippen molar-refractivity contribution in [1.82, 2.24) is 0 Å². The number of nitroso groups, excluding NO2 is 1. The molecule has 5 heteroatoms. The van der Waals surface area contributed by atoms with Crippen LogP contribution in [0.15, 0.2) is 34.5 Å². The molecule has 0 aromatic heterocycles. The fraction of sp³-hybridized carbons (Fsp3) is 0.125. The van der Waals surface area contributed by atoms with Crippen LogP contribution in [0, 0.1) is 4.91 Å². The summed E-state index contributed by atoms with van der Waals surface area (Å²) in [5.41, 5.74) is 3.41. The van der Waals surface area contributed by atoms with Crippen molar-refractivity contribution in [1.29, 1.82) is 0 Å². The van der Waals surface area contributed by atoms with Crippen molar-refractivity contribution in [3.05, 3.63) is 34.2 Å². The summed E-state index contributed by atoms with van der Waals surface area (Å²) < 4.78 is 0. The SMILES string of the molecule is C/C(N=O)=N\Nc1ccc(Cl)cc1. The van der Waals surface area contributed by atoms with Gasteiger partial charge in [0.05, 0.1) is 5.69 Å². The Kier molecular flexibility index (Phi) is 3.40. The van der Waals surface area contributed by atoms with Crippen LogP contribution in [0.5, 0.6) is 0 Å². The maximum Gasteiger partial charge on any atom is 0.189 e. The van der Waals surface area contributed by atoms with Gasteiger partial charge in [-0.25, -0.2) is 0 Å². The highest BCUT2D eigenvalue weighted by molar-refractivity contribution is 6.30. The van der Waals surface area contributed by atoms with Gasteiger partial charge in [-0.3, -0.25) is 5.43 Å². The van der Waals surface area contributed by atoms with Crippen LogP contribution < -0.4 is 5.43 Å². The lowest BCUT2D eigenvalue weighted by molar-refractivity contribution is 1.30. The molecule has 0 aliphatic carbocycles. The van der Waals surface area contributed by atoms with E-state index in [0.29, 0.717) is 5.02 Å². The monoisotopic (exact) mass is 197 g/mol. The second-order valence-corrected chi connectivity index (χ2v) is 2.81. The fourth-order valence-corrected chi connectivity index (χ4v) is 0.816. The fourth-order valence-electron chi connectivity index (χ4n) is 0.690. The van der Waals surface area contributed by atoms with Gasteiger partial charge in [-0.15, -0.1) is 4.91 Å². The summed E-state index contributed by atoms with van der Waals surface area (Å²) in [6, 6.07) is 6.96. The van der Waals surface area contributed by atoms with E-state index >= 15 is 0 Å². The molecular weight excluding hydrogens is 190 g/mol. The molecule has 1 aromatic rings. The van der Waals surface area contributed by atoms with Crippen LogP contribution in [-0.2, 0) is 0 Å². The van der Waals surface area contributed by atoms with Crippen molar-refractivity contribution in [2.75, 3.05) is 5.43 Å². The van der Waals surface area contributed by atoms with Gasteiger partial charge < -0.3 is 0 Å². The number of hydrogen-bond donors (Lipinski definition) is 1. The van der Waals surface area contributed by atoms with E-state index in [4.69, 9.17) is 11.6 Å². The number of halogens is 1. The normalized spacial score (nSPS) is 11.1. The van der Waals surface area contributed by atoms with Gasteiger partial charge in [-0.05, 0) is 29.4 Å². The molecule has 0 aliphatic heterocycles. The molecule has 4 nitrogen and oxygen atoms in total. The van der Waals surface area contributed by atoms with Crippen LogP contribution in [-0.4, -0.2) is 5.84 Å². The first-order valence-electron chi connectivity index (χ1n) is 3.61.